The fourth-order valence-electron chi connectivity index (χ4n) is 2.10. The van der Waals surface area contributed by atoms with Gasteiger partial charge in [-0.15, -0.1) is 0 Å². The lowest BCUT2D eigenvalue weighted by atomic mass is 10.1. The number of aliphatic hydroxyl groups excluding tert-OH is 1. The number of unbranched alkanes of at least 4 members (excludes halogenated alkanes) is 12. The Morgan fingerprint density at radius 3 is 0.895 bits per heavy atom. The highest BCUT2D eigenvalue weighted by Gasteiger charge is 1.90. The topological polar surface area (TPSA) is 20.2 Å². The first-order valence-electron chi connectivity index (χ1n) is 8.94. The highest BCUT2D eigenvalue weighted by atomic mass is 16.2. The first kappa shape index (κ1) is 21.3. The predicted octanol–water partition coefficient (Wildman–Crippen LogP) is 6.49. The van der Waals surface area contributed by atoms with Crippen molar-refractivity contribution in [3.05, 3.63) is 0 Å². The Morgan fingerprint density at radius 1 is 0.421 bits per heavy atom. The largest absolute Gasteiger partial charge is 0.396 e. The molecule has 0 bridgehead atoms. The molecule has 0 heterocycles. The summed E-state index contributed by atoms with van der Waals surface area (Å²) in [5.41, 5.74) is 0. The molecule has 19 heavy (non-hydrogen) atoms. The van der Waals surface area contributed by atoms with E-state index in [1.165, 1.54) is 77.0 Å². The Balaban J connectivity index is 0. The zero-order valence-electron chi connectivity index (χ0n) is 14.1. The minimum atomic E-state index is 0.355. The number of hydrogen-bond donors (Lipinski definition) is 1. The number of rotatable bonds is 13. The summed E-state index contributed by atoms with van der Waals surface area (Å²) in [7, 11) is 0. The average Bonchev–Trinajstić information content (AvgIpc) is 2.44. The van der Waals surface area contributed by atoms with Gasteiger partial charge in [-0.25, -0.2) is 0 Å². The van der Waals surface area contributed by atoms with Crippen LogP contribution < -0.4 is 0 Å². The average molecular weight is 273 g/mol. The van der Waals surface area contributed by atoms with Crippen LogP contribution in [0.15, 0.2) is 0 Å². The number of hydrogen-bond acceptors (Lipinski definition) is 1. The van der Waals surface area contributed by atoms with Gasteiger partial charge in [0.15, 0.2) is 0 Å². The van der Waals surface area contributed by atoms with Crippen LogP contribution in [0.2, 0.25) is 0 Å². The van der Waals surface area contributed by atoms with Crippen molar-refractivity contribution in [3.8, 4) is 0 Å². The second-order valence-corrected chi connectivity index (χ2v) is 5.61. The lowest BCUT2D eigenvalue weighted by Gasteiger charge is -2.00. The standard InChI is InChI=1S/C13H28.C5H12O/c1-3-5-7-9-11-13-12-10-8-6-4-2;1-2-3-4-5-6/h3-13H2,1-2H3;6H,2-5H2,1H3. The van der Waals surface area contributed by atoms with Crippen LogP contribution in [0.3, 0.4) is 0 Å². The van der Waals surface area contributed by atoms with Gasteiger partial charge in [0.1, 0.15) is 0 Å². The normalized spacial score (nSPS) is 10.1. The molecule has 0 rings (SSSR count). The van der Waals surface area contributed by atoms with Gasteiger partial charge in [0, 0.05) is 6.61 Å². The van der Waals surface area contributed by atoms with Crippen molar-refractivity contribution in [3.63, 3.8) is 0 Å². The molecule has 0 aromatic heterocycles. The summed E-state index contributed by atoms with van der Waals surface area (Å²) in [6.07, 6.45) is 19.3. The van der Waals surface area contributed by atoms with Gasteiger partial charge in [-0.3, -0.25) is 0 Å². The Hall–Kier alpha value is -0.0400. The van der Waals surface area contributed by atoms with E-state index < -0.39 is 0 Å². The van der Waals surface area contributed by atoms with Crippen molar-refractivity contribution in [1.29, 1.82) is 0 Å². The van der Waals surface area contributed by atoms with E-state index in [1.807, 2.05) is 0 Å². The fourth-order valence-corrected chi connectivity index (χ4v) is 2.10. The summed E-state index contributed by atoms with van der Waals surface area (Å²) in [5.74, 6) is 0. The van der Waals surface area contributed by atoms with E-state index in [0.717, 1.165) is 12.8 Å². The van der Waals surface area contributed by atoms with Crippen molar-refractivity contribution in [2.45, 2.75) is 111 Å². The molecule has 0 aliphatic carbocycles. The molecular formula is C18H40O. The number of aliphatic hydroxyl groups is 1. The van der Waals surface area contributed by atoms with Gasteiger partial charge in [-0.2, -0.15) is 0 Å². The molecule has 1 N–H and O–H groups in total. The van der Waals surface area contributed by atoms with Gasteiger partial charge in [0.25, 0.3) is 0 Å². The first-order valence-corrected chi connectivity index (χ1v) is 8.94. The summed E-state index contributed by atoms with van der Waals surface area (Å²) in [4.78, 5) is 0. The highest BCUT2D eigenvalue weighted by Crippen LogP contribution is 2.10. The minimum absolute atomic E-state index is 0.355. The third-order valence-corrected chi connectivity index (χ3v) is 3.47. The summed E-state index contributed by atoms with van der Waals surface area (Å²) >= 11 is 0. The van der Waals surface area contributed by atoms with Crippen LogP contribution in [-0.4, -0.2) is 11.7 Å². The van der Waals surface area contributed by atoms with E-state index in [0.29, 0.717) is 6.61 Å². The van der Waals surface area contributed by atoms with Crippen LogP contribution in [0.4, 0.5) is 0 Å². The van der Waals surface area contributed by atoms with Gasteiger partial charge in [0.05, 0.1) is 0 Å². The maximum atomic E-state index is 8.20. The molecule has 1 nitrogen and oxygen atoms in total. The van der Waals surface area contributed by atoms with Crippen molar-refractivity contribution >= 4 is 0 Å². The van der Waals surface area contributed by atoms with Gasteiger partial charge >= 0.3 is 0 Å². The fraction of sp³-hybridized carbons (Fsp3) is 1.00. The Labute approximate surface area is 123 Å². The molecule has 0 radical (unpaired) electrons. The van der Waals surface area contributed by atoms with Crippen LogP contribution in [0, 0.1) is 0 Å². The van der Waals surface area contributed by atoms with Gasteiger partial charge in [0.2, 0.25) is 0 Å². The smallest absolute Gasteiger partial charge is 0.0431 e. The Bertz CT molecular complexity index is 109. The summed E-state index contributed by atoms with van der Waals surface area (Å²) < 4.78 is 0. The van der Waals surface area contributed by atoms with E-state index in [9.17, 15) is 0 Å². The second-order valence-electron chi connectivity index (χ2n) is 5.61. The minimum Gasteiger partial charge on any atom is -0.396 e. The van der Waals surface area contributed by atoms with Crippen LogP contribution in [0.5, 0.6) is 0 Å². The molecule has 0 amide bonds. The lowest BCUT2D eigenvalue weighted by Crippen LogP contribution is -1.80. The molecule has 0 aliphatic rings. The van der Waals surface area contributed by atoms with Crippen molar-refractivity contribution in [1.82, 2.24) is 0 Å². The zero-order chi connectivity index (χ0) is 14.6. The van der Waals surface area contributed by atoms with E-state index >= 15 is 0 Å². The van der Waals surface area contributed by atoms with Crippen LogP contribution in [-0.2, 0) is 0 Å². The van der Waals surface area contributed by atoms with Crippen LogP contribution >= 0.6 is 0 Å². The molecule has 0 unspecified atom stereocenters. The quantitative estimate of drug-likeness (QED) is 0.380. The van der Waals surface area contributed by atoms with Crippen LogP contribution in [0.25, 0.3) is 0 Å². The molecule has 0 saturated carbocycles. The summed E-state index contributed by atoms with van der Waals surface area (Å²) in [5, 5.41) is 8.20. The molecule has 0 aliphatic heterocycles. The van der Waals surface area contributed by atoms with Crippen molar-refractivity contribution in [2.75, 3.05) is 6.61 Å². The molecule has 0 aromatic rings. The zero-order valence-corrected chi connectivity index (χ0v) is 14.1. The molecule has 0 saturated heterocycles. The van der Waals surface area contributed by atoms with Crippen LogP contribution in [0.1, 0.15) is 111 Å². The summed E-state index contributed by atoms with van der Waals surface area (Å²) in [6.45, 7) is 7.04. The van der Waals surface area contributed by atoms with E-state index in [1.54, 1.807) is 0 Å². The lowest BCUT2D eigenvalue weighted by molar-refractivity contribution is 0.284. The maximum Gasteiger partial charge on any atom is 0.0431 e. The molecule has 0 spiro atoms. The van der Waals surface area contributed by atoms with Gasteiger partial charge < -0.3 is 5.11 Å². The van der Waals surface area contributed by atoms with E-state index in [-0.39, 0.29) is 0 Å². The second kappa shape index (κ2) is 23.1. The Morgan fingerprint density at radius 2 is 0.684 bits per heavy atom. The van der Waals surface area contributed by atoms with E-state index in [2.05, 4.69) is 20.8 Å². The molecule has 0 fully saturated rings. The molecular weight excluding hydrogens is 232 g/mol. The summed E-state index contributed by atoms with van der Waals surface area (Å²) in [6, 6.07) is 0. The van der Waals surface area contributed by atoms with Crippen molar-refractivity contribution in [2.24, 2.45) is 0 Å². The third-order valence-electron chi connectivity index (χ3n) is 3.47. The molecule has 118 valence electrons. The predicted molar refractivity (Wildman–Crippen MR) is 88.7 cm³/mol. The molecule has 1 heteroatoms. The van der Waals surface area contributed by atoms with Gasteiger partial charge in [-0.1, -0.05) is 104 Å². The SMILES string of the molecule is CCCCCCCCCCCCC.CCCCCO. The molecule has 0 atom stereocenters. The molecule has 0 aromatic carbocycles. The monoisotopic (exact) mass is 272 g/mol. The maximum absolute atomic E-state index is 8.20. The van der Waals surface area contributed by atoms with E-state index in [4.69, 9.17) is 5.11 Å². The van der Waals surface area contributed by atoms with Gasteiger partial charge in [-0.05, 0) is 6.42 Å². The first-order chi connectivity index (χ1) is 9.33. The van der Waals surface area contributed by atoms with Crippen molar-refractivity contribution < 1.29 is 5.11 Å². The Kier molecular flexibility index (Phi) is 25.8. The third kappa shape index (κ3) is 27.2. The highest BCUT2D eigenvalue weighted by molar-refractivity contribution is 4.46.